The summed E-state index contributed by atoms with van der Waals surface area (Å²) in [6, 6.07) is 17.0. The molecular formula is C27H38N6O2. The van der Waals surface area contributed by atoms with Gasteiger partial charge in [-0.2, -0.15) is 0 Å². The van der Waals surface area contributed by atoms with Crippen molar-refractivity contribution in [2.75, 3.05) is 40.4 Å². The topological polar surface area (TPSA) is 68.5 Å². The van der Waals surface area contributed by atoms with Crippen molar-refractivity contribution in [3.05, 3.63) is 65.5 Å². The fraction of sp³-hybridized carbons (Fsp3) is 0.519. The number of ether oxygens (including phenoxy) is 2. The fourth-order valence-corrected chi connectivity index (χ4v) is 4.82. The van der Waals surface area contributed by atoms with E-state index in [0.29, 0.717) is 5.92 Å². The highest BCUT2D eigenvalue weighted by Crippen LogP contribution is 2.29. The van der Waals surface area contributed by atoms with Crippen LogP contribution in [0.15, 0.2) is 48.5 Å². The molecule has 4 rings (SSSR count). The summed E-state index contributed by atoms with van der Waals surface area (Å²) < 4.78 is 12.8. The summed E-state index contributed by atoms with van der Waals surface area (Å²) in [5, 5.41) is 12.9. The molecule has 2 aromatic carbocycles. The summed E-state index contributed by atoms with van der Waals surface area (Å²) in [6.07, 6.45) is 1.85. The molecule has 3 aromatic rings. The second-order valence-electron chi connectivity index (χ2n) is 9.64. The minimum absolute atomic E-state index is 0.217. The Hall–Kier alpha value is -2.97. The lowest BCUT2D eigenvalue weighted by Crippen LogP contribution is -2.48. The van der Waals surface area contributed by atoms with Crippen LogP contribution >= 0.6 is 0 Å². The van der Waals surface area contributed by atoms with Crippen LogP contribution in [0.2, 0.25) is 0 Å². The van der Waals surface area contributed by atoms with Crippen molar-refractivity contribution in [2.45, 2.75) is 45.8 Å². The zero-order valence-corrected chi connectivity index (χ0v) is 21.4. The third kappa shape index (κ3) is 6.58. The van der Waals surface area contributed by atoms with E-state index in [9.17, 15) is 0 Å². The minimum Gasteiger partial charge on any atom is -0.493 e. The van der Waals surface area contributed by atoms with Crippen LogP contribution in [0, 0.1) is 5.92 Å². The molecule has 1 aromatic heterocycles. The average Bonchev–Trinajstić information content (AvgIpc) is 3.35. The smallest absolute Gasteiger partial charge is 0.168 e. The first-order chi connectivity index (χ1) is 17.1. The molecule has 0 radical (unpaired) electrons. The Balaban J connectivity index is 1.42. The van der Waals surface area contributed by atoms with Gasteiger partial charge in [-0.3, -0.25) is 9.80 Å². The Morgan fingerprint density at radius 3 is 2.31 bits per heavy atom. The number of tetrazole rings is 1. The maximum absolute atomic E-state index is 5.46. The first kappa shape index (κ1) is 25.1. The molecule has 1 aliphatic heterocycles. The molecule has 1 fully saturated rings. The van der Waals surface area contributed by atoms with Crippen molar-refractivity contribution >= 4 is 0 Å². The van der Waals surface area contributed by atoms with Gasteiger partial charge in [0.05, 0.1) is 20.3 Å². The number of aromatic nitrogens is 4. The van der Waals surface area contributed by atoms with Gasteiger partial charge < -0.3 is 9.47 Å². The van der Waals surface area contributed by atoms with Gasteiger partial charge in [0.1, 0.15) is 0 Å². The SMILES string of the molecule is COc1ccc(CCn2nnnc2[C@H](CC(C)C)N2CCN(Cc3ccccc3)CC2)cc1OC. The van der Waals surface area contributed by atoms with Crippen molar-refractivity contribution in [1.82, 2.24) is 30.0 Å². The van der Waals surface area contributed by atoms with E-state index >= 15 is 0 Å². The molecule has 0 unspecified atom stereocenters. The molecule has 0 bridgehead atoms. The quantitative estimate of drug-likeness (QED) is 0.415. The number of aryl methyl sites for hydroxylation is 2. The van der Waals surface area contributed by atoms with Gasteiger partial charge in [0.15, 0.2) is 17.3 Å². The van der Waals surface area contributed by atoms with E-state index < -0.39 is 0 Å². The molecule has 2 heterocycles. The Kier molecular flexibility index (Phi) is 8.71. The van der Waals surface area contributed by atoms with Crippen molar-refractivity contribution in [3.8, 4) is 11.5 Å². The number of benzene rings is 2. The Morgan fingerprint density at radius 1 is 0.886 bits per heavy atom. The molecule has 0 spiro atoms. The highest BCUT2D eigenvalue weighted by atomic mass is 16.5. The molecule has 0 saturated carbocycles. The van der Waals surface area contributed by atoms with Crippen LogP contribution in [-0.2, 0) is 19.5 Å². The van der Waals surface area contributed by atoms with Crippen molar-refractivity contribution < 1.29 is 9.47 Å². The lowest BCUT2D eigenvalue weighted by atomic mass is 10.0. The van der Waals surface area contributed by atoms with E-state index in [-0.39, 0.29) is 6.04 Å². The normalized spacial score (nSPS) is 15.9. The monoisotopic (exact) mass is 478 g/mol. The number of hydrogen-bond acceptors (Lipinski definition) is 7. The highest BCUT2D eigenvalue weighted by molar-refractivity contribution is 5.42. The van der Waals surface area contributed by atoms with Crippen LogP contribution < -0.4 is 9.47 Å². The summed E-state index contributed by atoms with van der Waals surface area (Å²) in [5.41, 5.74) is 2.54. The van der Waals surface area contributed by atoms with Gasteiger partial charge in [-0.05, 0) is 52.4 Å². The number of piperazine rings is 1. The molecule has 0 amide bonds. The molecule has 1 atom stereocenters. The van der Waals surface area contributed by atoms with E-state index in [4.69, 9.17) is 9.47 Å². The summed E-state index contributed by atoms with van der Waals surface area (Å²) in [5.74, 6) is 3.00. The Labute approximate surface area is 208 Å². The highest BCUT2D eigenvalue weighted by Gasteiger charge is 2.29. The number of rotatable bonds is 11. The molecule has 35 heavy (non-hydrogen) atoms. The Bertz CT molecular complexity index is 1050. The molecule has 0 aliphatic carbocycles. The zero-order valence-electron chi connectivity index (χ0n) is 21.4. The predicted molar refractivity (Wildman–Crippen MR) is 137 cm³/mol. The summed E-state index contributed by atoms with van der Waals surface area (Å²) in [4.78, 5) is 5.11. The van der Waals surface area contributed by atoms with E-state index in [1.165, 1.54) is 11.1 Å². The van der Waals surface area contributed by atoms with E-state index in [2.05, 4.69) is 75.6 Å². The number of hydrogen-bond donors (Lipinski definition) is 0. The summed E-state index contributed by atoms with van der Waals surface area (Å²) in [7, 11) is 3.32. The molecular weight excluding hydrogens is 440 g/mol. The maximum Gasteiger partial charge on any atom is 0.168 e. The molecule has 8 heteroatoms. The summed E-state index contributed by atoms with van der Waals surface area (Å²) >= 11 is 0. The van der Waals surface area contributed by atoms with Gasteiger partial charge >= 0.3 is 0 Å². The molecule has 8 nitrogen and oxygen atoms in total. The lowest BCUT2D eigenvalue weighted by Gasteiger charge is -2.39. The second-order valence-corrected chi connectivity index (χ2v) is 9.64. The van der Waals surface area contributed by atoms with E-state index in [1.54, 1.807) is 14.2 Å². The predicted octanol–water partition coefficient (Wildman–Crippen LogP) is 3.84. The lowest BCUT2D eigenvalue weighted by molar-refractivity contribution is 0.0767. The third-order valence-electron chi connectivity index (χ3n) is 6.71. The maximum atomic E-state index is 5.46. The fourth-order valence-electron chi connectivity index (χ4n) is 4.82. The van der Waals surface area contributed by atoms with Gasteiger partial charge in [0, 0.05) is 39.3 Å². The summed E-state index contributed by atoms with van der Waals surface area (Å²) in [6.45, 7) is 10.4. The minimum atomic E-state index is 0.217. The van der Waals surface area contributed by atoms with Gasteiger partial charge in [0.2, 0.25) is 0 Å². The number of nitrogens with zero attached hydrogens (tertiary/aromatic N) is 6. The third-order valence-corrected chi connectivity index (χ3v) is 6.71. The van der Waals surface area contributed by atoms with E-state index in [1.807, 2.05) is 16.8 Å². The van der Waals surface area contributed by atoms with Crippen molar-refractivity contribution in [3.63, 3.8) is 0 Å². The van der Waals surface area contributed by atoms with Crippen LogP contribution in [0.5, 0.6) is 11.5 Å². The first-order valence-electron chi connectivity index (χ1n) is 12.5. The number of methoxy groups -OCH3 is 2. The standard InChI is InChI=1S/C27H38N6O2/c1-21(2)18-24(32-16-14-31(15-17-32)20-23-8-6-5-7-9-23)27-28-29-30-33(27)13-12-22-10-11-25(34-3)26(19-22)35-4/h5-11,19,21,24H,12-18,20H2,1-4H3/t24-/m0/s1. The van der Waals surface area contributed by atoms with Crippen molar-refractivity contribution in [2.24, 2.45) is 5.92 Å². The Morgan fingerprint density at radius 2 is 1.63 bits per heavy atom. The average molecular weight is 479 g/mol. The van der Waals surface area contributed by atoms with Crippen LogP contribution in [0.3, 0.4) is 0 Å². The van der Waals surface area contributed by atoms with Gasteiger partial charge in [-0.15, -0.1) is 5.10 Å². The van der Waals surface area contributed by atoms with Crippen LogP contribution in [0.4, 0.5) is 0 Å². The van der Waals surface area contributed by atoms with Crippen LogP contribution in [0.1, 0.15) is 43.3 Å². The van der Waals surface area contributed by atoms with Crippen molar-refractivity contribution in [1.29, 1.82) is 0 Å². The molecule has 1 saturated heterocycles. The van der Waals surface area contributed by atoms with E-state index in [0.717, 1.165) is 69.4 Å². The molecule has 0 N–H and O–H groups in total. The second kappa shape index (κ2) is 12.1. The molecule has 188 valence electrons. The largest absolute Gasteiger partial charge is 0.493 e. The van der Waals surface area contributed by atoms with Gasteiger partial charge in [-0.25, -0.2) is 4.68 Å². The zero-order chi connectivity index (χ0) is 24.6. The van der Waals surface area contributed by atoms with Crippen LogP contribution in [-0.4, -0.2) is 70.4 Å². The van der Waals surface area contributed by atoms with Crippen LogP contribution in [0.25, 0.3) is 0 Å². The first-order valence-corrected chi connectivity index (χ1v) is 12.5. The molecule has 1 aliphatic rings. The van der Waals surface area contributed by atoms with Gasteiger partial charge in [-0.1, -0.05) is 50.2 Å². The van der Waals surface area contributed by atoms with Gasteiger partial charge in [0.25, 0.3) is 0 Å².